The second kappa shape index (κ2) is 9.95. The van der Waals surface area contributed by atoms with Crippen LogP contribution in [0.1, 0.15) is 12.8 Å². The van der Waals surface area contributed by atoms with Crippen molar-refractivity contribution in [3.05, 3.63) is 30.1 Å². The molecule has 1 aromatic carbocycles. The first kappa shape index (κ1) is 23.9. The number of nitrogens with one attached hydrogen (secondary N) is 3. The lowest BCUT2D eigenvalue weighted by Gasteiger charge is -2.41. The number of carbonyl (C=O) groups excluding carboxylic acids is 3. The molecule has 3 saturated heterocycles. The molecule has 3 aliphatic heterocycles. The van der Waals surface area contributed by atoms with Crippen LogP contribution in [-0.2, 0) is 24.4 Å². The van der Waals surface area contributed by atoms with Crippen molar-refractivity contribution in [3.8, 4) is 0 Å². The summed E-state index contributed by atoms with van der Waals surface area (Å²) in [6, 6.07) is 2.18. The van der Waals surface area contributed by atoms with E-state index in [1.807, 2.05) is 0 Å². The number of amides is 3. The molecule has 1 aromatic rings. The molecule has 13 heteroatoms. The summed E-state index contributed by atoms with van der Waals surface area (Å²) in [5, 5.41) is 8.47. The Kier molecular flexibility index (Phi) is 7.22. The Morgan fingerprint density at radius 3 is 2.61 bits per heavy atom. The lowest BCUT2D eigenvalue weighted by Crippen LogP contribution is -2.65. The minimum absolute atomic E-state index is 0.000985. The zero-order valence-corrected chi connectivity index (χ0v) is 19.5. The lowest BCUT2D eigenvalue weighted by atomic mass is 10.1. The molecule has 0 saturated carbocycles. The van der Waals surface area contributed by atoms with Gasteiger partial charge in [-0.2, -0.15) is 4.31 Å². The number of hydrogen-bond donors (Lipinski definition) is 3. The molecule has 4 rings (SSSR count). The molecular weight excluding hydrogens is 473 g/mol. The number of sulfonamides is 1. The molecular formula is C20H26FN5O5S2. The van der Waals surface area contributed by atoms with Gasteiger partial charge in [-0.25, -0.2) is 12.8 Å². The standard InChI is InChI=1S/C20H26FN5O5S2/c21-13-3-5-14(6-4-13)33(30,31)25-8-9-26(20(29)16-11-32-12-23-16)17(10-25)19(28)24-15-2-1-7-22-18(15)27/h3-6,15-17,23H,1-2,7-12H2,(H,22,27)(H,24,28). The molecule has 180 valence electrons. The molecule has 0 aliphatic carbocycles. The molecule has 0 radical (unpaired) electrons. The number of benzene rings is 1. The number of rotatable bonds is 5. The van der Waals surface area contributed by atoms with Crippen molar-refractivity contribution >= 4 is 39.5 Å². The maximum atomic E-state index is 13.3. The smallest absolute Gasteiger partial charge is 0.244 e. The zero-order valence-electron chi connectivity index (χ0n) is 17.8. The van der Waals surface area contributed by atoms with Gasteiger partial charge in [0, 0.05) is 37.8 Å². The fourth-order valence-electron chi connectivity index (χ4n) is 4.15. The zero-order chi connectivity index (χ0) is 23.6. The van der Waals surface area contributed by atoms with E-state index in [-0.39, 0.29) is 36.3 Å². The summed E-state index contributed by atoms with van der Waals surface area (Å²) in [5.41, 5.74) is 0. The van der Waals surface area contributed by atoms with Crippen molar-refractivity contribution in [1.29, 1.82) is 0 Å². The van der Waals surface area contributed by atoms with Crippen LogP contribution in [0.25, 0.3) is 0 Å². The maximum Gasteiger partial charge on any atom is 0.244 e. The third-order valence-electron chi connectivity index (χ3n) is 6.00. The van der Waals surface area contributed by atoms with Crippen LogP contribution in [0, 0.1) is 5.82 Å². The van der Waals surface area contributed by atoms with Crippen LogP contribution < -0.4 is 16.0 Å². The number of thioether (sulfide) groups is 1. The van der Waals surface area contributed by atoms with Gasteiger partial charge in [-0.3, -0.25) is 19.7 Å². The van der Waals surface area contributed by atoms with Crippen LogP contribution in [0.3, 0.4) is 0 Å². The average Bonchev–Trinajstić information content (AvgIpc) is 3.35. The van der Waals surface area contributed by atoms with Crippen LogP contribution in [0.5, 0.6) is 0 Å². The van der Waals surface area contributed by atoms with E-state index in [0.717, 1.165) is 16.4 Å². The fourth-order valence-corrected chi connectivity index (χ4v) is 6.52. The van der Waals surface area contributed by atoms with Crippen molar-refractivity contribution in [2.24, 2.45) is 0 Å². The van der Waals surface area contributed by atoms with Crippen molar-refractivity contribution < 1.29 is 27.2 Å². The van der Waals surface area contributed by atoms with Gasteiger partial charge < -0.3 is 15.5 Å². The number of piperazine rings is 1. The first-order chi connectivity index (χ1) is 15.8. The number of nitrogens with zero attached hydrogens (tertiary/aromatic N) is 2. The van der Waals surface area contributed by atoms with Crippen LogP contribution in [0.15, 0.2) is 29.2 Å². The van der Waals surface area contributed by atoms with Gasteiger partial charge in [0.1, 0.15) is 17.9 Å². The molecule has 33 heavy (non-hydrogen) atoms. The van der Waals surface area contributed by atoms with Crippen molar-refractivity contribution in [1.82, 2.24) is 25.2 Å². The minimum Gasteiger partial charge on any atom is -0.354 e. The number of hydrogen-bond acceptors (Lipinski definition) is 7. The largest absolute Gasteiger partial charge is 0.354 e. The number of halogens is 1. The van der Waals surface area contributed by atoms with Gasteiger partial charge in [-0.1, -0.05) is 0 Å². The first-order valence-corrected chi connectivity index (χ1v) is 13.3. The van der Waals surface area contributed by atoms with Gasteiger partial charge in [0.2, 0.25) is 27.7 Å². The van der Waals surface area contributed by atoms with Gasteiger partial charge in [0.15, 0.2) is 0 Å². The van der Waals surface area contributed by atoms with E-state index >= 15 is 0 Å². The van der Waals surface area contributed by atoms with Gasteiger partial charge in [0.05, 0.1) is 10.9 Å². The molecule has 3 N–H and O–H groups in total. The van der Waals surface area contributed by atoms with Crippen molar-refractivity contribution in [2.75, 3.05) is 37.8 Å². The van der Waals surface area contributed by atoms with Crippen LogP contribution in [0.4, 0.5) is 4.39 Å². The van der Waals surface area contributed by atoms with E-state index in [1.54, 1.807) is 11.8 Å². The molecule has 3 atom stereocenters. The molecule has 0 bridgehead atoms. The van der Waals surface area contributed by atoms with E-state index in [2.05, 4.69) is 16.0 Å². The Hall–Kier alpha value is -2.22. The number of carbonyl (C=O) groups is 3. The molecule has 3 aliphatic rings. The Labute approximate surface area is 195 Å². The molecule has 10 nitrogen and oxygen atoms in total. The lowest BCUT2D eigenvalue weighted by molar-refractivity contribution is -0.144. The summed E-state index contributed by atoms with van der Waals surface area (Å²) in [7, 11) is -4.01. The highest BCUT2D eigenvalue weighted by Gasteiger charge is 2.43. The molecule has 0 spiro atoms. The quantitative estimate of drug-likeness (QED) is 0.478. The third-order valence-corrected chi connectivity index (χ3v) is 8.82. The normalized spacial score (nSPS) is 26.6. The summed E-state index contributed by atoms with van der Waals surface area (Å²) in [4.78, 5) is 39.8. The van der Waals surface area contributed by atoms with E-state index in [4.69, 9.17) is 0 Å². The van der Waals surface area contributed by atoms with E-state index < -0.39 is 39.9 Å². The Morgan fingerprint density at radius 1 is 1.18 bits per heavy atom. The van der Waals surface area contributed by atoms with E-state index in [9.17, 15) is 27.2 Å². The predicted molar refractivity (Wildman–Crippen MR) is 119 cm³/mol. The van der Waals surface area contributed by atoms with Gasteiger partial charge >= 0.3 is 0 Å². The van der Waals surface area contributed by atoms with Gasteiger partial charge in [0.25, 0.3) is 0 Å². The molecule has 0 aromatic heterocycles. The summed E-state index contributed by atoms with van der Waals surface area (Å²) < 4.78 is 40.7. The SMILES string of the molecule is O=C1NCCCC1NC(=O)C1CN(S(=O)(=O)c2ccc(F)cc2)CCN1C(=O)C1CSCN1. The van der Waals surface area contributed by atoms with Crippen LogP contribution >= 0.6 is 11.8 Å². The fraction of sp³-hybridized carbons (Fsp3) is 0.550. The summed E-state index contributed by atoms with van der Waals surface area (Å²) >= 11 is 1.57. The summed E-state index contributed by atoms with van der Waals surface area (Å²) in [6.07, 6.45) is 1.18. The highest BCUT2D eigenvalue weighted by atomic mass is 32.2. The van der Waals surface area contributed by atoms with E-state index in [0.29, 0.717) is 31.0 Å². The highest BCUT2D eigenvalue weighted by molar-refractivity contribution is 7.99. The summed E-state index contributed by atoms with van der Waals surface area (Å²) in [6.45, 7) is 0.301. The molecule has 3 unspecified atom stereocenters. The Bertz CT molecular complexity index is 1020. The Balaban J connectivity index is 1.56. The molecule has 3 amide bonds. The minimum atomic E-state index is -4.01. The van der Waals surface area contributed by atoms with Gasteiger partial charge in [-0.15, -0.1) is 11.8 Å². The summed E-state index contributed by atoms with van der Waals surface area (Å²) in [5.74, 6) is -0.523. The highest BCUT2D eigenvalue weighted by Crippen LogP contribution is 2.23. The monoisotopic (exact) mass is 499 g/mol. The predicted octanol–water partition coefficient (Wildman–Crippen LogP) is -0.915. The van der Waals surface area contributed by atoms with Gasteiger partial charge in [-0.05, 0) is 37.1 Å². The first-order valence-electron chi connectivity index (χ1n) is 10.7. The number of piperidine rings is 1. The topological polar surface area (TPSA) is 128 Å². The van der Waals surface area contributed by atoms with Crippen LogP contribution in [-0.4, -0.2) is 91.3 Å². The Morgan fingerprint density at radius 2 is 1.94 bits per heavy atom. The van der Waals surface area contributed by atoms with Crippen LogP contribution in [0.2, 0.25) is 0 Å². The van der Waals surface area contributed by atoms with Crippen molar-refractivity contribution in [2.45, 2.75) is 35.9 Å². The van der Waals surface area contributed by atoms with Crippen molar-refractivity contribution in [3.63, 3.8) is 0 Å². The second-order valence-corrected chi connectivity index (χ2v) is 11.1. The molecule has 3 heterocycles. The van der Waals surface area contributed by atoms with E-state index in [1.165, 1.54) is 17.0 Å². The maximum absolute atomic E-state index is 13.3. The second-order valence-electron chi connectivity index (χ2n) is 8.13. The molecule has 3 fully saturated rings. The third kappa shape index (κ3) is 5.15. The average molecular weight is 500 g/mol.